The molecule has 3 N–H and O–H groups in total. The lowest BCUT2D eigenvalue weighted by molar-refractivity contribution is -0.122. The van der Waals surface area contributed by atoms with Crippen LogP contribution in [0.15, 0.2) is 59.7 Å². The minimum absolute atomic E-state index is 0.0788. The Morgan fingerprint density at radius 2 is 2.00 bits per heavy atom. The van der Waals surface area contributed by atoms with Crippen LogP contribution in [0.3, 0.4) is 0 Å². The number of anilines is 1. The molecule has 182 valence electrons. The molecule has 8 nitrogen and oxygen atoms in total. The third-order valence-electron chi connectivity index (χ3n) is 7.10. The second-order valence-corrected chi connectivity index (χ2v) is 10.3. The van der Waals surface area contributed by atoms with Gasteiger partial charge in [-0.15, -0.1) is 0 Å². The number of hydrogen-bond donors (Lipinski definition) is 3. The Balaban J connectivity index is 1.29. The largest absolute Gasteiger partial charge is 0.337 e. The number of benzene rings is 1. The molecule has 0 radical (unpaired) electrons. The predicted octanol–water partition coefficient (Wildman–Crippen LogP) is 6.34. The Hall–Kier alpha value is -4.37. The zero-order chi connectivity index (χ0) is 24.9. The van der Waals surface area contributed by atoms with E-state index >= 15 is 0 Å². The first kappa shape index (κ1) is 21.9. The topological polar surface area (TPSA) is 112 Å². The van der Waals surface area contributed by atoms with Gasteiger partial charge in [0, 0.05) is 40.2 Å². The smallest absolute Gasteiger partial charge is 0.227 e. The Bertz CT molecular complexity index is 1780. The lowest BCUT2D eigenvalue weighted by Crippen LogP contribution is -2.28. The van der Waals surface area contributed by atoms with Gasteiger partial charge >= 0.3 is 0 Å². The molecule has 5 aromatic heterocycles. The summed E-state index contributed by atoms with van der Waals surface area (Å²) in [4.78, 5) is 29.8. The molecule has 9 heteroatoms. The number of carbonyl (C=O) groups excluding carboxylic acids is 1. The molecule has 37 heavy (non-hydrogen) atoms. The number of aromatic amines is 2. The van der Waals surface area contributed by atoms with E-state index in [2.05, 4.69) is 54.0 Å². The molecule has 1 aromatic carbocycles. The quantitative estimate of drug-likeness (QED) is 0.253. The monoisotopic (exact) mass is 505 g/mol. The van der Waals surface area contributed by atoms with Crippen LogP contribution >= 0.6 is 11.3 Å². The summed E-state index contributed by atoms with van der Waals surface area (Å²) in [7, 11) is 0. The first-order valence-corrected chi connectivity index (χ1v) is 13.2. The molecule has 6 aromatic rings. The zero-order valence-corrected chi connectivity index (χ0v) is 20.9. The van der Waals surface area contributed by atoms with Crippen molar-refractivity contribution in [2.24, 2.45) is 5.92 Å². The number of nitrogens with zero attached hydrogens (tertiary/aromatic N) is 4. The highest BCUT2D eigenvalue weighted by Gasteiger charge is 2.25. The fourth-order valence-electron chi connectivity index (χ4n) is 4.88. The van der Waals surface area contributed by atoms with Crippen molar-refractivity contribution in [1.29, 1.82) is 0 Å². The van der Waals surface area contributed by atoms with E-state index in [1.165, 1.54) is 0 Å². The van der Waals surface area contributed by atoms with Crippen LogP contribution < -0.4 is 5.32 Å². The number of hydrogen-bond acceptors (Lipinski definition) is 6. The maximum Gasteiger partial charge on any atom is 0.227 e. The number of imidazole rings is 1. The molecule has 0 aliphatic heterocycles. The molecule has 1 fully saturated rings. The summed E-state index contributed by atoms with van der Waals surface area (Å²) in [5.74, 6) is 0.906. The van der Waals surface area contributed by atoms with Crippen molar-refractivity contribution in [2.45, 2.75) is 26.2 Å². The molecular weight excluding hydrogens is 482 g/mol. The average molecular weight is 506 g/mol. The summed E-state index contributed by atoms with van der Waals surface area (Å²) < 4.78 is 0. The van der Waals surface area contributed by atoms with Gasteiger partial charge in [-0.2, -0.15) is 16.4 Å². The summed E-state index contributed by atoms with van der Waals surface area (Å²) >= 11 is 1.64. The van der Waals surface area contributed by atoms with Gasteiger partial charge in [0.1, 0.15) is 11.2 Å². The molecule has 0 atom stereocenters. The SMILES string of the molecule is Cc1cc(-c2cncc(NC(=O)C3CCC3)c2)cc2c(-c3nc4c(-c5ccsc5)nccc4[nH]3)[nH]nc12. The number of rotatable bonds is 5. The molecule has 1 aliphatic rings. The minimum atomic E-state index is 0.0788. The zero-order valence-electron chi connectivity index (χ0n) is 20.1. The Morgan fingerprint density at radius 3 is 2.81 bits per heavy atom. The van der Waals surface area contributed by atoms with Gasteiger partial charge in [-0.3, -0.25) is 19.9 Å². The number of thiophene rings is 1. The molecule has 0 spiro atoms. The van der Waals surface area contributed by atoms with Crippen LogP contribution in [0.4, 0.5) is 5.69 Å². The maximum absolute atomic E-state index is 12.4. The summed E-state index contributed by atoms with van der Waals surface area (Å²) in [6.45, 7) is 2.04. The first-order chi connectivity index (χ1) is 18.1. The number of carbonyl (C=O) groups is 1. The van der Waals surface area contributed by atoms with Crippen LogP contribution in [0.1, 0.15) is 24.8 Å². The molecule has 5 heterocycles. The van der Waals surface area contributed by atoms with E-state index in [-0.39, 0.29) is 11.8 Å². The van der Waals surface area contributed by atoms with Gasteiger partial charge in [-0.05, 0) is 66.6 Å². The fourth-order valence-corrected chi connectivity index (χ4v) is 5.52. The van der Waals surface area contributed by atoms with Gasteiger partial charge in [-0.25, -0.2) is 4.98 Å². The highest BCUT2D eigenvalue weighted by atomic mass is 32.1. The maximum atomic E-state index is 12.4. The van der Waals surface area contributed by atoms with Gasteiger partial charge in [0.25, 0.3) is 0 Å². The lowest BCUT2D eigenvalue weighted by atomic mass is 9.85. The van der Waals surface area contributed by atoms with Gasteiger partial charge in [0.05, 0.1) is 28.6 Å². The lowest BCUT2D eigenvalue weighted by Gasteiger charge is -2.24. The van der Waals surface area contributed by atoms with E-state index in [9.17, 15) is 4.79 Å². The van der Waals surface area contributed by atoms with Crippen molar-refractivity contribution in [3.8, 4) is 33.9 Å². The number of nitrogens with one attached hydrogen (secondary N) is 3. The predicted molar refractivity (Wildman–Crippen MR) is 146 cm³/mol. The first-order valence-electron chi connectivity index (χ1n) is 12.3. The molecule has 0 unspecified atom stereocenters. The van der Waals surface area contributed by atoms with Crippen LogP contribution in [0, 0.1) is 12.8 Å². The number of pyridine rings is 2. The van der Waals surface area contributed by atoms with Crippen molar-refractivity contribution < 1.29 is 4.79 Å². The van der Waals surface area contributed by atoms with Crippen LogP contribution in [0.25, 0.3) is 55.8 Å². The third kappa shape index (κ3) is 3.79. The summed E-state index contributed by atoms with van der Waals surface area (Å²) in [5, 5.41) is 15.9. The highest BCUT2D eigenvalue weighted by molar-refractivity contribution is 7.08. The molecule has 0 bridgehead atoms. The normalized spacial score (nSPS) is 13.8. The second kappa shape index (κ2) is 8.63. The van der Waals surface area contributed by atoms with Crippen molar-refractivity contribution in [3.63, 3.8) is 0 Å². The number of fused-ring (bicyclic) bond motifs is 2. The molecule has 1 saturated carbocycles. The van der Waals surface area contributed by atoms with Crippen molar-refractivity contribution >= 4 is 44.9 Å². The van der Waals surface area contributed by atoms with Gasteiger partial charge < -0.3 is 10.3 Å². The number of H-pyrrole nitrogens is 2. The van der Waals surface area contributed by atoms with Crippen LogP contribution in [0.2, 0.25) is 0 Å². The fraction of sp³-hybridized carbons (Fsp3) is 0.179. The van der Waals surface area contributed by atoms with E-state index in [1.54, 1.807) is 23.7 Å². The summed E-state index contributed by atoms with van der Waals surface area (Å²) in [6, 6.07) is 10.2. The van der Waals surface area contributed by atoms with E-state index in [1.807, 2.05) is 30.6 Å². The Labute approximate surface area is 216 Å². The van der Waals surface area contributed by atoms with E-state index in [0.717, 1.165) is 74.8 Å². The van der Waals surface area contributed by atoms with Gasteiger partial charge in [-0.1, -0.05) is 6.42 Å². The van der Waals surface area contributed by atoms with Crippen molar-refractivity contribution in [1.82, 2.24) is 30.1 Å². The standard InChI is InChI=1S/C28H23N7OS/c1-15-9-18(19-10-20(13-29-12-19)31-28(36)16-3-2-4-16)11-21-23(15)34-35-25(21)27-32-22-5-7-30-24(26(22)33-27)17-6-8-37-14-17/h5-14,16H,2-4H2,1H3,(H,31,36)(H,32,33)(H,34,35). The summed E-state index contributed by atoms with van der Waals surface area (Å²) in [6.07, 6.45) is 8.37. The number of aryl methyl sites for hydroxylation is 1. The van der Waals surface area contributed by atoms with Crippen LogP contribution in [-0.4, -0.2) is 36.0 Å². The molecule has 0 saturated heterocycles. The van der Waals surface area contributed by atoms with Crippen LogP contribution in [-0.2, 0) is 4.79 Å². The van der Waals surface area contributed by atoms with Crippen molar-refractivity contribution in [2.75, 3.05) is 5.32 Å². The Kier molecular flexibility index (Phi) is 5.10. The second-order valence-electron chi connectivity index (χ2n) is 9.52. The van der Waals surface area contributed by atoms with Crippen LogP contribution in [0.5, 0.6) is 0 Å². The summed E-state index contributed by atoms with van der Waals surface area (Å²) in [5.41, 5.74) is 9.03. The van der Waals surface area contributed by atoms with E-state index in [0.29, 0.717) is 11.5 Å². The van der Waals surface area contributed by atoms with Gasteiger partial charge in [0.2, 0.25) is 5.91 Å². The van der Waals surface area contributed by atoms with Crippen molar-refractivity contribution in [3.05, 3.63) is 65.2 Å². The highest BCUT2D eigenvalue weighted by Crippen LogP contribution is 2.35. The number of amides is 1. The minimum Gasteiger partial charge on any atom is -0.337 e. The van der Waals surface area contributed by atoms with E-state index in [4.69, 9.17) is 4.98 Å². The molecule has 7 rings (SSSR count). The van der Waals surface area contributed by atoms with Gasteiger partial charge in [0.15, 0.2) is 5.82 Å². The van der Waals surface area contributed by atoms with E-state index < -0.39 is 0 Å². The Morgan fingerprint density at radius 1 is 1.08 bits per heavy atom. The third-order valence-corrected chi connectivity index (χ3v) is 7.78. The number of aromatic nitrogens is 6. The molecular formula is C28H23N7OS. The molecule has 1 aliphatic carbocycles. The molecule has 1 amide bonds. The average Bonchev–Trinajstić information content (AvgIpc) is 3.61.